The first kappa shape index (κ1) is 13.7. The Labute approximate surface area is 125 Å². The second kappa shape index (κ2) is 6.42. The van der Waals surface area contributed by atoms with Crippen LogP contribution in [0.15, 0.2) is 47.4 Å². The lowest BCUT2D eigenvalue weighted by molar-refractivity contribution is 0.687. The highest BCUT2D eigenvalue weighted by Gasteiger charge is 2.19. The zero-order chi connectivity index (χ0) is 13.8. The second-order valence-corrected chi connectivity index (χ2v) is 6.41. The highest BCUT2D eigenvalue weighted by atomic mass is 32.2. The number of benzene rings is 1. The summed E-state index contributed by atoms with van der Waals surface area (Å²) in [6.45, 7) is 3.03. The summed E-state index contributed by atoms with van der Waals surface area (Å²) in [4.78, 5) is 5.87. The van der Waals surface area contributed by atoms with Crippen LogP contribution < -0.4 is 5.32 Å². The molecule has 1 saturated carbocycles. The van der Waals surface area contributed by atoms with Crippen molar-refractivity contribution in [1.82, 2.24) is 10.3 Å². The van der Waals surface area contributed by atoms with Crippen molar-refractivity contribution in [3.05, 3.63) is 59.4 Å². The van der Waals surface area contributed by atoms with Crippen LogP contribution in [0.5, 0.6) is 0 Å². The summed E-state index contributed by atoms with van der Waals surface area (Å²) < 4.78 is 0. The molecule has 0 radical (unpaired) electrons. The fourth-order valence-electron chi connectivity index (χ4n) is 2.13. The smallest absolute Gasteiger partial charge is 0.0509 e. The van der Waals surface area contributed by atoms with Crippen LogP contribution in [0, 0.1) is 6.92 Å². The minimum absolute atomic E-state index is 0.766. The van der Waals surface area contributed by atoms with E-state index in [0.717, 1.165) is 29.7 Å². The molecule has 1 aromatic heterocycles. The summed E-state index contributed by atoms with van der Waals surface area (Å²) in [5, 5.41) is 3.56. The second-order valence-electron chi connectivity index (χ2n) is 5.36. The maximum Gasteiger partial charge on any atom is 0.0509 e. The lowest BCUT2D eigenvalue weighted by atomic mass is 10.2. The van der Waals surface area contributed by atoms with E-state index in [2.05, 4.69) is 46.7 Å². The van der Waals surface area contributed by atoms with Crippen molar-refractivity contribution in [1.29, 1.82) is 0 Å². The lowest BCUT2D eigenvalue weighted by Gasteiger charge is -2.06. The number of thioether (sulfide) groups is 1. The third-order valence-corrected chi connectivity index (χ3v) is 4.43. The van der Waals surface area contributed by atoms with Gasteiger partial charge in [0.2, 0.25) is 0 Å². The van der Waals surface area contributed by atoms with E-state index in [1.54, 1.807) is 0 Å². The molecule has 0 amide bonds. The van der Waals surface area contributed by atoms with Crippen molar-refractivity contribution in [3.63, 3.8) is 0 Å². The van der Waals surface area contributed by atoms with Gasteiger partial charge < -0.3 is 5.32 Å². The Morgan fingerprint density at radius 2 is 2.05 bits per heavy atom. The third-order valence-electron chi connectivity index (χ3n) is 3.40. The number of nitrogens with zero attached hydrogens (tertiary/aromatic N) is 1. The molecule has 0 aliphatic heterocycles. The molecule has 104 valence electrons. The zero-order valence-corrected chi connectivity index (χ0v) is 12.6. The highest BCUT2D eigenvalue weighted by Crippen LogP contribution is 2.24. The van der Waals surface area contributed by atoms with Gasteiger partial charge in [-0.25, -0.2) is 0 Å². The molecule has 20 heavy (non-hydrogen) atoms. The molecule has 0 saturated heterocycles. The maximum atomic E-state index is 4.55. The first-order valence-electron chi connectivity index (χ1n) is 7.17. The van der Waals surface area contributed by atoms with Crippen molar-refractivity contribution in [2.75, 3.05) is 0 Å². The summed E-state index contributed by atoms with van der Waals surface area (Å²) in [7, 11) is 0. The predicted octanol–water partition coefficient (Wildman–Crippen LogP) is 3.93. The van der Waals surface area contributed by atoms with Crippen LogP contribution in [0.2, 0.25) is 0 Å². The monoisotopic (exact) mass is 284 g/mol. The van der Waals surface area contributed by atoms with Crippen LogP contribution in [0.4, 0.5) is 0 Å². The van der Waals surface area contributed by atoms with Crippen LogP contribution >= 0.6 is 11.8 Å². The molecule has 1 fully saturated rings. The van der Waals surface area contributed by atoms with Gasteiger partial charge in [-0.15, -0.1) is 11.8 Å². The molecule has 0 atom stereocenters. The van der Waals surface area contributed by atoms with Crippen LogP contribution in [0.3, 0.4) is 0 Å². The van der Waals surface area contributed by atoms with Crippen molar-refractivity contribution < 1.29 is 0 Å². The number of nitrogens with one attached hydrogen (secondary N) is 1. The molecule has 0 spiro atoms. The molecule has 1 N–H and O–H groups in total. The van der Waals surface area contributed by atoms with Crippen LogP contribution in [-0.2, 0) is 12.3 Å². The quantitative estimate of drug-likeness (QED) is 0.813. The summed E-state index contributed by atoms with van der Waals surface area (Å²) >= 11 is 1.86. The van der Waals surface area contributed by atoms with Crippen molar-refractivity contribution in [2.24, 2.45) is 0 Å². The van der Waals surface area contributed by atoms with E-state index in [-0.39, 0.29) is 0 Å². The zero-order valence-electron chi connectivity index (χ0n) is 11.8. The average Bonchev–Trinajstić information content (AvgIpc) is 3.28. The van der Waals surface area contributed by atoms with Gasteiger partial charge in [0, 0.05) is 28.9 Å². The van der Waals surface area contributed by atoms with E-state index in [0.29, 0.717) is 0 Å². The van der Waals surface area contributed by atoms with E-state index < -0.39 is 0 Å². The van der Waals surface area contributed by atoms with Crippen molar-refractivity contribution in [2.45, 2.75) is 43.0 Å². The van der Waals surface area contributed by atoms with E-state index >= 15 is 0 Å². The standard InChI is InChI=1S/C17H20N2S/c1-13-4-2-6-16(19-13)12-20-17-7-3-5-14(10-17)11-18-15-8-9-15/h2-7,10,15,18H,8-9,11-12H2,1H3. The molecule has 3 heteroatoms. The Bertz CT molecular complexity index is 579. The topological polar surface area (TPSA) is 24.9 Å². The van der Waals surface area contributed by atoms with E-state index in [1.165, 1.54) is 23.3 Å². The lowest BCUT2D eigenvalue weighted by Crippen LogP contribution is -2.15. The minimum atomic E-state index is 0.766. The van der Waals surface area contributed by atoms with E-state index in [1.807, 2.05) is 24.8 Å². The molecule has 1 aliphatic rings. The molecule has 1 heterocycles. The largest absolute Gasteiger partial charge is 0.310 e. The average molecular weight is 284 g/mol. The number of pyridine rings is 1. The highest BCUT2D eigenvalue weighted by molar-refractivity contribution is 7.98. The number of hydrogen-bond donors (Lipinski definition) is 1. The number of aromatic nitrogens is 1. The molecular formula is C17H20N2S. The number of aryl methyl sites for hydroxylation is 1. The Kier molecular flexibility index (Phi) is 4.38. The first-order valence-corrected chi connectivity index (χ1v) is 8.16. The van der Waals surface area contributed by atoms with Gasteiger partial charge in [0.05, 0.1) is 5.69 Å². The van der Waals surface area contributed by atoms with Gasteiger partial charge in [-0.1, -0.05) is 18.2 Å². The van der Waals surface area contributed by atoms with Gasteiger partial charge in [-0.05, 0) is 49.6 Å². The van der Waals surface area contributed by atoms with Crippen LogP contribution in [0.1, 0.15) is 29.8 Å². The van der Waals surface area contributed by atoms with Gasteiger partial charge in [-0.3, -0.25) is 4.98 Å². The molecule has 0 unspecified atom stereocenters. The van der Waals surface area contributed by atoms with Gasteiger partial charge in [0.15, 0.2) is 0 Å². The summed E-state index contributed by atoms with van der Waals surface area (Å²) in [6.07, 6.45) is 2.68. The SMILES string of the molecule is Cc1cccc(CSc2cccc(CNC3CC3)c2)n1. The molecule has 1 aromatic carbocycles. The van der Waals surface area contributed by atoms with Crippen molar-refractivity contribution >= 4 is 11.8 Å². The molecule has 1 aliphatic carbocycles. The van der Waals surface area contributed by atoms with Gasteiger partial charge >= 0.3 is 0 Å². The Morgan fingerprint density at radius 1 is 1.20 bits per heavy atom. The normalized spacial score (nSPS) is 14.4. The Morgan fingerprint density at radius 3 is 2.85 bits per heavy atom. The molecule has 2 aromatic rings. The fraction of sp³-hybridized carbons (Fsp3) is 0.353. The number of hydrogen-bond acceptors (Lipinski definition) is 3. The van der Waals surface area contributed by atoms with Crippen LogP contribution in [0.25, 0.3) is 0 Å². The number of rotatable bonds is 6. The minimum Gasteiger partial charge on any atom is -0.310 e. The fourth-order valence-corrected chi connectivity index (χ4v) is 3.02. The van der Waals surface area contributed by atoms with E-state index in [9.17, 15) is 0 Å². The molecule has 2 nitrogen and oxygen atoms in total. The molecule has 0 bridgehead atoms. The summed E-state index contributed by atoms with van der Waals surface area (Å²) in [5.74, 6) is 0.932. The predicted molar refractivity (Wildman–Crippen MR) is 84.8 cm³/mol. The third kappa shape index (κ3) is 4.09. The Balaban J connectivity index is 1.57. The maximum absolute atomic E-state index is 4.55. The van der Waals surface area contributed by atoms with Crippen molar-refractivity contribution in [3.8, 4) is 0 Å². The summed E-state index contributed by atoms with van der Waals surface area (Å²) in [5.41, 5.74) is 3.61. The summed E-state index contributed by atoms with van der Waals surface area (Å²) in [6, 6.07) is 15.8. The van der Waals surface area contributed by atoms with Gasteiger partial charge in [-0.2, -0.15) is 0 Å². The van der Waals surface area contributed by atoms with E-state index in [4.69, 9.17) is 0 Å². The molecule has 3 rings (SSSR count). The van der Waals surface area contributed by atoms with Crippen LogP contribution in [-0.4, -0.2) is 11.0 Å². The van der Waals surface area contributed by atoms with Gasteiger partial charge in [0.25, 0.3) is 0 Å². The Hall–Kier alpha value is -1.32. The first-order chi connectivity index (χ1) is 9.79. The van der Waals surface area contributed by atoms with Gasteiger partial charge in [0.1, 0.15) is 0 Å². The molecular weight excluding hydrogens is 264 g/mol.